The van der Waals surface area contributed by atoms with Gasteiger partial charge < -0.3 is 0 Å². The maximum atomic E-state index is 11.1. The van der Waals surface area contributed by atoms with Crippen molar-refractivity contribution < 1.29 is 8.42 Å². The standard InChI is InChI=1S/C8H12N2O2S.C8H12N2S/c1-4-7-5-9-8(10-6(7)2)13(3,11)12;1-4-7-5-9-8(11-3)10-6(7)2/h5H,4H2,1-3H3;5H,4H2,1-3H3. The summed E-state index contributed by atoms with van der Waals surface area (Å²) in [6.45, 7) is 7.91. The van der Waals surface area contributed by atoms with Gasteiger partial charge in [-0.2, -0.15) is 0 Å². The number of hydrogen-bond donors (Lipinski definition) is 0. The van der Waals surface area contributed by atoms with Crippen LogP contribution in [-0.2, 0) is 22.7 Å². The van der Waals surface area contributed by atoms with E-state index in [4.69, 9.17) is 0 Å². The van der Waals surface area contributed by atoms with Crippen molar-refractivity contribution in [3.8, 4) is 0 Å². The fourth-order valence-electron chi connectivity index (χ4n) is 1.91. The summed E-state index contributed by atoms with van der Waals surface area (Å²) < 4.78 is 22.1. The highest BCUT2D eigenvalue weighted by Crippen LogP contribution is 2.11. The van der Waals surface area contributed by atoms with Gasteiger partial charge in [-0.1, -0.05) is 25.6 Å². The summed E-state index contributed by atoms with van der Waals surface area (Å²) in [4.78, 5) is 16.2. The largest absolute Gasteiger partial charge is 0.246 e. The van der Waals surface area contributed by atoms with Gasteiger partial charge in [0.25, 0.3) is 0 Å². The first-order valence-corrected chi connectivity index (χ1v) is 10.7. The molecule has 0 radical (unpaired) electrons. The molecule has 0 saturated carbocycles. The Balaban J connectivity index is 0.000000243. The van der Waals surface area contributed by atoms with Crippen LogP contribution in [0.3, 0.4) is 0 Å². The Bertz CT molecular complexity index is 793. The topological polar surface area (TPSA) is 85.7 Å². The van der Waals surface area contributed by atoms with Crippen LogP contribution in [0.5, 0.6) is 0 Å². The maximum absolute atomic E-state index is 11.1. The molecule has 0 aliphatic rings. The van der Waals surface area contributed by atoms with Crippen LogP contribution in [0, 0.1) is 13.8 Å². The second-order valence-corrected chi connectivity index (χ2v) is 7.89. The van der Waals surface area contributed by atoms with Gasteiger partial charge in [-0.15, -0.1) is 0 Å². The summed E-state index contributed by atoms with van der Waals surface area (Å²) in [5.74, 6) is 0. The highest BCUT2D eigenvalue weighted by Gasteiger charge is 2.11. The lowest BCUT2D eigenvalue weighted by molar-refractivity contribution is 0.591. The van der Waals surface area contributed by atoms with E-state index in [1.165, 1.54) is 5.56 Å². The molecule has 0 aromatic carbocycles. The molecule has 8 heteroatoms. The molecule has 0 amide bonds. The summed E-state index contributed by atoms with van der Waals surface area (Å²) in [5, 5.41) is 0.766. The van der Waals surface area contributed by atoms with Crippen molar-refractivity contribution in [3.05, 3.63) is 34.9 Å². The van der Waals surface area contributed by atoms with Crippen LogP contribution in [0.1, 0.15) is 36.4 Å². The molecule has 2 heterocycles. The average Bonchev–Trinajstić information content (AvgIpc) is 2.54. The molecule has 0 aliphatic heterocycles. The van der Waals surface area contributed by atoms with E-state index in [0.29, 0.717) is 0 Å². The normalized spacial score (nSPS) is 10.9. The van der Waals surface area contributed by atoms with Crippen molar-refractivity contribution in [1.82, 2.24) is 19.9 Å². The molecule has 0 bridgehead atoms. The quantitative estimate of drug-likeness (QED) is 0.606. The molecule has 0 atom stereocenters. The lowest BCUT2D eigenvalue weighted by Gasteiger charge is -2.02. The molecular formula is C16H24N4O2S2. The molecule has 0 unspecified atom stereocenters. The van der Waals surface area contributed by atoms with Crippen LogP contribution >= 0.6 is 11.8 Å². The molecule has 24 heavy (non-hydrogen) atoms. The fraction of sp³-hybridized carbons (Fsp3) is 0.500. The molecule has 0 aliphatic carbocycles. The van der Waals surface area contributed by atoms with Crippen molar-refractivity contribution in [2.45, 2.75) is 50.8 Å². The smallest absolute Gasteiger partial charge is 0.231 e. The zero-order valence-corrected chi connectivity index (χ0v) is 16.6. The summed E-state index contributed by atoms with van der Waals surface area (Å²) >= 11 is 1.58. The van der Waals surface area contributed by atoms with Crippen LogP contribution in [0.2, 0.25) is 0 Å². The van der Waals surface area contributed by atoms with Gasteiger partial charge in [-0.3, -0.25) is 0 Å². The molecule has 132 valence electrons. The third-order valence-electron chi connectivity index (χ3n) is 3.39. The van der Waals surface area contributed by atoms with Gasteiger partial charge >= 0.3 is 0 Å². The first kappa shape index (κ1) is 20.5. The summed E-state index contributed by atoms with van der Waals surface area (Å²) in [5.41, 5.74) is 4.06. The molecule has 2 rings (SSSR count). The van der Waals surface area contributed by atoms with Gasteiger partial charge in [0, 0.05) is 30.0 Å². The third-order valence-corrected chi connectivity index (χ3v) is 4.82. The zero-order valence-electron chi connectivity index (χ0n) is 15.0. The maximum Gasteiger partial charge on any atom is 0.246 e. The van der Waals surface area contributed by atoms with E-state index in [1.54, 1.807) is 24.9 Å². The minimum atomic E-state index is -3.27. The zero-order chi connectivity index (χ0) is 18.3. The van der Waals surface area contributed by atoms with E-state index in [-0.39, 0.29) is 5.16 Å². The lowest BCUT2D eigenvalue weighted by Crippen LogP contribution is -2.06. The Labute approximate surface area is 148 Å². The van der Waals surface area contributed by atoms with E-state index < -0.39 is 9.84 Å². The Hall–Kier alpha value is -1.54. The molecule has 2 aromatic heterocycles. The number of aromatic nitrogens is 4. The van der Waals surface area contributed by atoms with Crippen molar-refractivity contribution in [2.75, 3.05) is 12.5 Å². The lowest BCUT2D eigenvalue weighted by atomic mass is 10.2. The minimum absolute atomic E-state index is 0.0952. The molecule has 0 N–H and O–H groups in total. The Morgan fingerprint density at radius 3 is 1.83 bits per heavy atom. The monoisotopic (exact) mass is 368 g/mol. The van der Waals surface area contributed by atoms with Crippen molar-refractivity contribution in [1.29, 1.82) is 0 Å². The van der Waals surface area contributed by atoms with E-state index in [2.05, 4.69) is 26.9 Å². The van der Waals surface area contributed by atoms with Gasteiger partial charge in [0.05, 0.1) is 0 Å². The van der Waals surface area contributed by atoms with Crippen LogP contribution in [0.25, 0.3) is 0 Å². The third kappa shape index (κ3) is 5.83. The predicted molar refractivity (Wildman–Crippen MR) is 97.2 cm³/mol. The fourth-order valence-corrected chi connectivity index (χ4v) is 2.85. The molecular weight excluding hydrogens is 344 g/mol. The first-order valence-electron chi connectivity index (χ1n) is 7.61. The second kappa shape index (κ2) is 9.08. The summed E-state index contributed by atoms with van der Waals surface area (Å²) in [7, 11) is -3.27. The predicted octanol–water partition coefficient (Wildman–Crippen LogP) is 2.82. The van der Waals surface area contributed by atoms with Crippen molar-refractivity contribution in [3.63, 3.8) is 0 Å². The summed E-state index contributed by atoms with van der Waals surface area (Å²) in [6, 6.07) is 0. The second-order valence-electron chi connectivity index (χ2n) is 5.21. The van der Waals surface area contributed by atoms with Crippen molar-refractivity contribution >= 4 is 21.6 Å². The average molecular weight is 369 g/mol. The number of rotatable bonds is 4. The number of aryl methyl sites for hydroxylation is 4. The van der Waals surface area contributed by atoms with Crippen LogP contribution in [0.15, 0.2) is 22.7 Å². The van der Waals surface area contributed by atoms with Crippen LogP contribution in [0.4, 0.5) is 0 Å². The van der Waals surface area contributed by atoms with E-state index in [9.17, 15) is 8.42 Å². The van der Waals surface area contributed by atoms with E-state index in [1.807, 2.05) is 26.3 Å². The molecule has 2 aromatic rings. The van der Waals surface area contributed by atoms with Crippen molar-refractivity contribution in [2.24, 2.45) is 0 Å². The number of thioether (sulfide) groups is 1. The van der Waals surface area contributed by atoms with Gasteiger partial charge in [0.1, 0.15) is 0 Å². The molecule has 0 spiro atoms. The van der Waals surface area contributed by atoms with E-state index in [0.717, 1.165) is 41.2 Å². The summed E-state index contributed by atoms with van der Waals surface area (Å²) in [6.07, 6.45) is 8.40. The first-order chi connectivity index (χ1) is 11.2. The number of sulfone groups is 1. The van der Waals surface area contributed by atoms with Gasteiger partial charge in [0.2, 0.25) is 15.0 Å². The van der Waals surface area contributed by atoms with Gasteiger partial charge in [0.15, 0.2) is 5.16 Å². The molecule has 0 fully saturated rings. The molecule has 6 nitrogen and oxygen atoms in total. The van der Waals surface area contributed by atoms with E-state index >= 15 is 0 Å². The highest BCUT2D eigenvalue weighted by molar-refractivity contribution is 7.98. The van der Waals surface area contributed by atoms with Crippen LogP contribution < -0.4 is 0 Å². The number of hydrogen-bond acceptors (Lipinski definition) is 7. The van der Waals surface area contributed by atoms with Gasteiger partial charge in [-0.25, -0.2) is 28.4 Å². The Kier molecular flexibility index (Phi) is 7.75. The highest BCUT2D eigenvalue weighted by atomic mass is 32.2. The minimum Gasteiger partial charge on any atom is -0.231 e. The number of nitrogens with zero attached hydrogens (tertiary/aromatic N) is 4. The molecule has 0 saturated heterocycles. The Morgan fingerprint density at radius 2 is 1.46 bits per heavy atom. The van der Waals surface area contributed by atoms with Gasteiger partial charge in [-0.05, 0) is 44.1 Å². The van der Waals surface area contributed by atoms with Crippen LogP contribution in [-0.4, -0.2) is 40.9 Å². The Morgan fingerprint density at radius 1 is 0.958 bits per heavy atom. The SMILES string of the molecule is CCc1cnc(S(C)(=O)=O)nc1C.CCc1cnc(SC)nc1C.